The summed E-state index contributed by atoms with van der Waals surface area (Å²) in [6, 6.07) is 27.4. The number of benzene rings is 3. The van der Waals surface area contributed by atoms with Gasteiger partial charge in [0.25, 0.3) is 0 Å². The Labute approximate surface area is 183 Å². The first-order valence-electron chi connectivity index (χ1n) is 9.86. The van der Waals surface area contributed by atoms with Crippen molar-refractivity contribution in [2.75, 3.05) is 5.32 Å². The fourth-order valence-electron chi connectivity index (χ4n) is 3.75. The molecule has 29 heavy (non-hydrogen) atoms. The Bertz CT molecular complexity index is 901. The maximum atomic E-state index is 7.05. The summed E-state index contributed by atoms with van der Waals surface area (Å²) in [7, 11) is -2.64. The summed E-state index contributed by atoms with van der Waals surface area (Å²) in [5.74, 6) is 0.839. The second-order valence-corrected chi connectivity index (χ2v) is 13.4. The van der Waals surface area contributed by atoms with Gasteiger partial charge in [0.05, 0.1) is 11.9 Å². The van der Waals surface area contributed by atoms with E-state index in [1.54, 1.807) is 0 Å². The topological polar surface area (TPSA) is 47.3 Å². The average Bonchev–Trinajstić information content (AvgIpc) is 2.68. The lowest BCUT2D eigenvalue weighted by molar-refractivity contribution is 0.508. The van der Waals surface area contributed by atoms with Gasteiger partial charge in [-0.25, -0.2) is 0 Å². The number of hydrogen-bond acceptors (Lipinski definition) is 3. The smallest absolute Gasteiger partial charge is 0.319 e. The van der Waals surface area contributed by atoms with E-state index in [0.29, 0.717) is 0 Å². The van der Waals surface area contributed by atoms with E-state index in [1.165, 1.54) is 10.4 Å². The third-order valence-electron chi connectivity index (χ3n) is 5.01. The molecule has 152 valence electrons. The van der Waals surface area contributed by atoms with Crippen molar-refractivity contribution in [3.05, 3.63) is 83.3 Å². The van der Waals surface area contributed by atoms with Gasteiger partial charge in [-0.3, -0.25) is 0 Å². The van der Waals surface area contributed by atoms with E-state index >= 15 is 0 Å². The van der Waals surface area contributed by atoms with Crippen LogP contribution in [0, 0.1) is 0 Å². The van der Waals surface area contributed by atoms with Crippen LogP contribution in [-0.2, 0) is 0 Å². The van der Waals surface area contributed by atoms with Crippen LogP contribution in [0.4, 0.5) is 5.69 Å². The molecule has 1 atom stereocenters. The van der Waals surface area contributed by atoms with Crippen molar-refractivity contribution in [1.29, 1.82) is 0 Å². The summed E-state index contributed by atoms with van der Waals surface area (Å²) in [4.78, 5) is 0. The normalized spacial score (nSPS) is 13.0. The predicted molar refractivity (Wildman–Crippen MR) is 130 cm³/mol. The van der Waals surface area contributed by atoms with E-state index in [2.05, 4.69) is 103 Å². The lowest BCUT2D eigenvalue weighted by Gasteiger charge is -2.43. The van der Waals surface area contributed by atoms with Gasteiger partial charge in [-0.1, -0.05) is 81.4 Å². The molecule has 0 aromatic heterocycles. The van der Waals surface area contributed by atoms with Gasteiger partial charge in [0.2, 0.25) is 0 Å². The maximum absolute atomic E-state index is 7.05. The van der Waals surface area contributed by atoms with E-state index in [0.717, 1.165) is 15.9 Å². The van der Waals surface area contributed by atoms with Crippen molar-refractivity contribution < 1.29 is 4.43 Å². The lowest BCUT2D eigenvalue weighted by Crippen LogP contribution is -2.68. The highest BCUT2D eigenvalue weighted by Gasteiger charge is 2.52. The van der Waals surface area contributed by atoms with E-state index in [9.17, 15) is 0 Å². The molecule has 3 aromatic rings. The quantitative estimate of drug-likeness (QED) is 0.390. The molecule has 3 nitrogen and oxygen atoms in total. The van der Waals surface area contributed by atoms with Crippen molar-refractivity contribution in [3.8, 4) is 5.75 Å². The fourth-order valence-corrected chi connectivity index (χ4v) is 8.52. The average molecular weight is 469 g/mol. The molecule has 0 saturated carbocycles. The summed E-state index contributed by atoms with van der Waals surface area (Å²) in [5, 5.41) is 5.70. The largest absolute Gasteiger partial charge is 0.534 e. The predicted octanol–water partition coefficient (Wildman–Crippen LogP) is 5.10. The van der Waals surface area contributed by atoms with Crippen molar-refractivity contribution in [2.45, 2.75) is 38.9 Å². The van der Waals surface area contributed by atoms with Crippen LogP contribution >= 0.6 is 15.9 Å². The van der Waals surface area contributed by atoms with Gasteiger partial charge in [-0.2, -0.15) is 0 Å². The Balaban J connectivity index is 2.19. The monoisotopic (exact) mass is 468 g/mol. The third kappa shape index (κ3) is 4.58. The second-order valence-electron chi connectivity index (χ2n) is 8.34. The number of halogens is 1. The zero-order chi connectivity index (χ0) is 21.1. The first-order valence-corrected chi connectivity index (χ1v) is 12.6. The van der Waals surface area contributed by atoms with Crippen molar-refractivity contribution >= 4 is 40.3 Å². The molecule has 1 unspecified atom stereocenters. The van der Waals surface area contributed by atoms with E-state index in [-0.39, 0.29) is 11.2 Å². The molecule has 3 aromatic carbocycles. The van der Waals surface area contributed by atoms with Gasteiger partial charge in [0.15, 0.2) is 0 Å². The number of nitrogens with two attached hydrogens (primary N) is 1. The van der Waals surface area contributed by atoms with Crippen molar-refractivity contribution in [2.24, 2.45) is 5.73 Å². The van der Waals surface area contributed by atoms with Crippen LogP contribution < -0.4 is 25.8 Å². The standard InChI is InChI=1S/C24H29BrN2OSi/c1-18(26)27-23-17-19(15-16-22(23)25)28-29(24(2,3)4,20-11-7-5-8-12-20)21-13-9-6-10-14-21/h5-18,27H,26H2,1-4H3. The van der Waals surface area contributed by atoms with Crippen LogP contribution in [0.2, 0.25) is 5.04 Å². The summed E-state index contributed by atoms with van der Waals surface area (Å²) in [6.07, 6.45) is -0.158. The van der Waals surface area contributed by atoms with Crippen molar-refractivity contribution in [3.63, 3.8) is 0 Å². The van der Waals surface area contributed by atoms with Crippen LogP contribution in [0.25, 0.3) is 0 Å². The molecular weight excluding hydrogens is 440 g/mol. The highest BCUT2D eigenvalue weighted by molar-refractivity contribution is 9.10. The molecule has 0 aliphatic rings. The second kappa shape index (κ2) is 8.74. The van der Waals surface area contributed by atoms with Crippen LogP contribution in [0.3, 0.4) is 0 Å². The molecule has 5 heteroatoms. The highest BCUT2D eigenvalue weighted by atomic mass is 79.9. The SMILES string of the molecule is CC(N)Nc1cc(O[Si](c2ccccc2)(c2ccccc2)C(C)(C)C)ccc1Br. The number of hydrogen-bond donors (Lipinski definition) is 2. The molecule has 3 N–H and O–H groups in total. The lowest BCUT2D eigenvalue weighted by atomic mass is 10.2. The molecule has 0 fully saturated rings. The molecule has 0 saturated heterocycles. The molecule has 0 bridgehead atoms. The number of nitrogens with one attached hydrogen (secondary N) is 1. The molecule has 0 radical (unpaired) electrons. The summed E-state index contributed by atoms with van der Waals surface area (Å²) >= 11 is 3.61. The molecule has 0 aliphatic heterocycles. The fraction of sp³-hybridized carbons (Fsp3) is 0.250. The highest BCUT2D eigenvalue weighted by Crippen LogP contribution is 2.38. The Morgan fingerprint density at radius 2 is 1.41 bits per heavy atom. The molecule has 0 amide bonds. The summed E-state index contributed by atoms with van der Waals surface area (Å²) < 4.78 is 8.02. The van der Waals surface area contributed by atoms with Crippen molar-refractivity contribution in [1.82, 2.24) is 0 Å². The van der Waals surface area contributed by atoms with Crippen LogP contribution in [-0.4, -0.2) is 14.5 Å². The van der Waals surface area contributed by atoms with E-state index in [4.69, 9.17) is 10.2 Å². The minimum atomic E-state index is -2.64. The van der Waals surface area contributed by atoms with Gasteiger partial charge >= 0.3 is 8.32 Å². The maximum Gasteiger partial charge on any atom is 0.319 e. The minimum absolute atomic E-state index is 0.0858. The van der Waals surface area contributed by atoms with Gasteiger partial charge in [-0.15, -0.1) is 0 Å². The molecular formula is C24H29BrN2OSi. The van der Waals surface area contributed by atoms with Crippen LogP contribution in [0.1, 0.15) is 27.7 Å². The van der Waals surface area contributed by atoms with Gasteiger partial charge < -0.3 is 15.5 Å². The Morgan fingerprint density at radius 1 is 0.897 bits per heavy atom. The summed E-state index contributed by atoms with van der Waals surface area (Å²) in [5.41, 5.74) is 6.88. The van der Waals surface area contributed by atoms with Crippen LogP contribution in [0.15, 0.2) is 83.3 Å². The van der Waals surface area contributed by atoms with Crippen LogP contribution in [0.5, 0.6) is 5.75 Å². The Hall–Kier alpha value is -2.08. The van der Waals surface area contributed by atoms with Gasteiger partial charge in [-0.05, 0) is 50.4 Å². The summed E-state index contributed by atoms with van der Waals surface area (Å²) in [6.45, 7) is 8.75. The Kier molecular flexibility index (Phi) is 6.51. The molecule has 0 heterocycles. The zero-order valence-electron chi connectivity index (χ0n) is 17.4. The Morgan fingerprint density at radius 3 is 1.86 bits per heavy atom. The minimum Gasteiger partial charge on any atom is -0.534 e. The van der Waals surface area contributed by atoms with Gasteiger partial charge in [0.1, 0.15) is 5.75 Å². The zero-order valence-corrected chi connectivity index (χ0v) is 20.0. The molecule has 3 rings (SSSR count). The molecule has 0 spiro atoms. The van der Waals surface area contributed by atoms with Gasteiger partial charge in [0, 0.05) is 10.5 Å². The first-order chi connectivity index (χ1) is 13.7. The van der Waals surface area contributed by atoms with E-state index < -0.39 is 8.32 Å². The first kappa shape index (κ1) is 21.6. The van der Waals surface area contributed by atoms with E-state index in [1.807, 2.05) is 25.1 Å². The number of rotatable bonds is 6. The third-order valence-corrected chi connectivity index (χ3v) is 10.6. The molecule has 0 aliphatic carbocycles. The number of anilines is 1.